The van der Waals surface area contributed by atoms with E-state index in [2.05, 4.69) is 37.8 Å². The van der Waals surface area contributed by atoms with Crippen molar-refractivity contribution < 1.29 is 0 Å². The van der Waals surface area contributed by atoms with Crippen LogP contribution in [0.5, 0.6) is 0 Å². The number of hydrogen-bond donors (Lipinski definition) is 1. The molecular formula is C12H15NS. The lowest BCUT2D eigenvalue weighted by molar-refractivity contribution is 1.14. The molecule has 0 aliphatic rings. The van der Waals surface area contributed by atoms with Crippen LogP contribution in [0.2, 0.25) is 0 Å². The third-order valence-corrected chi connectivity index (χ3v) is 2.59. The minimum absolute atomic E-state index is 0.981. The van der Waals surface area contributed by atoms with E-state index in [9.17, 15) is 0 Å². The highest BCUT2D eigenvalue weighted by atomic mass is 32.2. The largest absolute Gasteiger partial charge is 0.274 e. The van der Waals surface area contributed by atoms with E-state index in [1.54, 1.807) is 6.08 Å². The van der Waals surface area contributed by atoms with Crippen molar-refractivity contribution >= 4 is 18.0 Å². The van der Waals surface area contributed by atoms with Crippen molar-refractivity contribution in [2.45, 2.75) is 13.3 Å². The summed E-state index contributed by atoms with van der Waals surface area (Å²) in [6.45, 7) is 5.84. The molecule has 2 heteroatoms. The Bertz CT molecular complexity index is 325. The van der Waals surface area contributed by atoms with Gasteiger partial charge in [0.25, 0.3) is 0 Å². The first-order chi connectivity index (χ1) is 6.80. The van der Waals surface area contributed by atoms with Gasteiger partial charge in [-0.2, -0.15) is 0 Å². The predicted octanol–water partition coefficient (Wildman–Crippen LogP) is 3.38. The maximum Gasteiger partial charge on any atom is 0.0225 e. The summed E-state index contributed by atoms with van der Waals surface area (Å²) in [6.07, 6.45) is 4.86. The Morgan fingerprint density at radius 3 is 2.50 bits per heavy atom. The van der Waals surface area contributed by atoms with Gasteiger partial charge in [0, 0.05) is 4.91 Å². The molecule has 2 N–H and O–H groups in total. The predicted molar refractivity (Wildman–Crippen MR) is 65.8 cm³/mol. The van der Waals surface area contributed by atoms with Gasteiger partial charge in [-0.05, 0) is 35.6 Å². The molecule has 1 nitrogen and oxygen atoms in total. The second-order valence-electron chi connectivity index (χ2n) is 2.96. The zero-order valence-electron chi connectivity index (χ0n) is 8.36. The second kappa shape index (κ2) is 5.68. The first kappa shape index (κ1) is 11.1. The molecule has 0 unspecified atom stereocenters. The molecule has 1 rings (SSSR count). The van der Waals surface area contributed by atoms with Crippen LogP contribution in [0.1, 0.15) is 18.1 Å². The highest BCUT2D eigenvalue weighted by Gasteiger charge is 1.92. The Hall–Kier alpha value is -0.990. The summed E-state index contributed by atoms with van der Waals surface area (Å²) in [6, 6.07) is 8.46. The molecule has 0 heterocycles. The second-order valence-corrected chi connectivity index (χ2v) is 3.67. The molecule has 0 saturated carbocycles. The van der Waals surface area contributed by atoms with Crippen LogP contribution in [0.15, 0.2) is 41.8 Å². The molecule has 0 spiro atoms. The van der Waals surface area contributed by atoms with Crippen LogP contribution in [0.25, 0.3) is 6.08 Å². The average molecular weight is 205 g/mol. The van der Waals surface area contributed by atoms with Crippen LogP contribution >= 0.6 is 11.9 Å². The summed E-state index contributed by atoms with van der Waals surface area (Å²) in [5, 5.41) is 5.46. The van der Waals surface area contributed by atoms with Gasteiger partial charge in [0.1, 0.15) is 0 Å². The number of allylic oxidation sites excluding steroid dienone is 1. The quantitative estimate of drug-likeness (QED) is 0.602. The van der Waals surface area contributed by atoms with E-state index in [1.165, 1.54) is 17.5 Å². The number of benzene rings is 1. The highest BCUT2D eigenvalue weighted by Crippen LogP contribution is 2.15. The van der Waals surface area contributed by atoms with Crippen LogP contribution in [-0.2, 0) is 6.42 Å². The minimum atomic E-state index is 0.981. The van der Waals surface area contributed by atoms with Gasteiger partial charge < -0.3 is 0 Å². The molecule has 0 saturated heterocycles. The highest BCUT2D eigenvalue weighted by molar-refractivity contribution is 8.01. The Kier molecular flexibility index (Phi) is 4.50. The van der Waals surface area contributed by atoms with Crippen molar-refractivity contribution in [1.82, 2.24) is 0 Å². The molecule has 74 valence electrons. The summed E-state index contributed by atoms with van der Waals surface area (Å²) in [5.41, 5.74) is 2.51. The third kappa shape index (κ3) is 3.05. The Morgan fingerprint density at radius 2 is 2.07 bits per heavy atom. The fourth-order valence-corrected chi connectivity index (χ4v) is 1.46. The molecule has 0 aromatic heterocycles. The van der Waals surface area contributed by atoms with Gasteiger partial charge >= 0.3 is 0 Å². The van der Waals surface area contributed by atoms with Crippen LogP contribution in [0, 0.1) is 0 Å². The molecule has 0 aliphatic heterocycles. The van der Waals surface area contributed by atoms with Crippen LogP contribution in [0.3, 0.4) is 0 Å². The number of aryl methyl sites for hydroxylation is 1. The lowest BCUT2D eigenvalue weighted by atomic mass is 10.1. The van der Waals surface area contributed by atoms with E-state index in [-0.39, 0.29) is 0 Å². The lowest BCUT2D eigenvalue weighted by Crippen LogP contribution is -1.82. The van der Waals surface area contributed by atoms with Gasteiger partial charge in [-0.1, -0.05) is 43.8 Å². The fraction of sp³-hybridized carbons (Fsp3) is 0.167. The first-order valence-electron chi connectivity index (χ1n) is 4.60. The summed E-state index contributed by atoms with van der Waals surface area (Å²) in [5.74, 6) is 0. The first-order valence-corrected chi connectivity index (χ1v) is 5.48. The molecule has 0 aliphatic carbocycles. The number of rotatable bonds is 4. The van der Waals surface area contributed by atoms with Gasteiger partial charge in [0.05, 0.1) is 0 Å². The number of hydrogen-bond acceptors (Lipinski definition) is 2. The monoisotopic (exact) mass is 205 g/mol. The van der Waals surface area contributed by atoms with Crippen LogP contribution < -0.4 is 5.14 Å². The topological polar surface area (TPSA) is 26.0 Å². The van der Waals surface area contributed by atoms with Crippen molar-refractivity contribution in [3.63, 3.8) is 0 Å². The minimum Gasteiger partial charge on any atom is -0.274 e. The van der Waals surface area contributed by atoms with Gasteiger partial charge in [-0.3, -0.25) is 5.14 Å². The maximum absolute atomic E-state index is 5.46. The van der Waals surface area contributed by atoms with E-state index in [0.29, 0.717) is 0 Å². The summed E-state index contributed by atoms with van der Waals surface area (Å²) < 4.78 is 0. The van der Waals surface area contributed by atoms with Gasteiger partial charge in [0.2, 0.25) is 0 Å². The normalized spacial score (nSPS) is 11.4. The Morgan fingerprint density at radius 1 is 1.43 bits per heavy atom. The smallest absolute Gasteiger partial charge is 0.0225 e. The van der Waals surface area contributed by atoms with Crippen molar-refractivity contribution in [3.8, 4) is 0 Å². The van der Waals surface area contributed by atoms with E-state index in [0.717, 1.165) is 16.9 Å². The molecule has 0 bridgehead atoms. The summed E-state index contributed by atoms with van der Waals surface area (Å²) in [4.78, 5) is 0.981. The summed E-state index contributed by atoms with van der Waals surface area (Å²) >= 11 is 1.22. The zero-order valence-corrected chi connectivity index (χ0v) is 9.18. The molecule has 0 atom stereocenters. The molecule has 1 aromatic carbocycles. The Labute approximate surface area is 89.8 Å². The molecule has 14 heavy (non-hydrogen) atoms. The van der Waals surface area contributed by atoms with Crippen LogP contribution in [-0.4, -0.2) is 0 Å². The average Bonchev–Trinajstić information content (AvgIpc) is 2.26. The van der Waals surface area contributed by atoms with E-state index >= 15 is 0 Å². The molecular weight excluding hydrogens is 190 g/mol. The van der Waals surface area contributed by atoms with Crippen molar-refractivity contribution in [3.05, 3.63) is 53.0 Å². The van der Waals surface area contributed by atoms with Crippen LogP contribution in [0.4, 0.5) is 0 Å². The third-order valence-electron chi connectivity index (χ3n) is 2.03. The Balaban J connectivity index is 2.86. The number of nitrogens with two attached hydrogens (primary N) is 1. The van der Waals surface area contributed by atoms with E-state index in [4.69, 9.17) is 5.14 Å². The fourth-order valence-electron chi connectivity index (χ4n) is 1.15. The van der Waals surface area contributed by atoms with Crippen molar-refractivity contribution in [2.24, 2.45) is 5.14 Å². The lowest BCUT2D eigenvalue weighted by Gasteiger charge is -1.99. The van der Waals surface area contributed by atoms with E-state index < -0.39 is 0 Å². The van der Waals surface area contributed by atoms with Gasteiger partial charge in [-0.25, -0.2) is 0 Å². The molecule has 0 amide bonds. The maximum atomic E-state index is 5.46. The standard InChI is InChI=1S/C12H15NS/c1-3-10-5-7-11(8-6-10)9-12(4-2)14-13/h4-9H,2-3,13H2,1H3/b12-9-. The van der Waals surface area contributed by atoms with Gasteiger partial charge in [0.15, 0.2) is 0 Å². The van der Waals surface area contributed by atoms with E-state index in [1.807, 2.05) is 6.08 Å². The molecule has 1 aromatic rings. The SMILES string of the molecule is C=C/C(=C/c1ccc(CC)cc1)SN. The summed E-state index contributed by atoms with van der Waals surface area (Å²) in [7, 11) is 0. The molecule has 0 fully saturated rings. The zero-order chi connectivity index (χ0) is 10.4. The molecule has 0 radical (unpaired) electrons. The van der Waals surface area contributed by atoms with Gasteiger partial charge in [-0.15, -0.1) is 0 Å². The van der Waals surface area contributed by atoms with Crippen molar-refractivity contribution in [2.75, 3.05) is 0 Å². The van der Waals surface area contributed by atoms with Crippen molar-refractivity contribution in [1.29, 1.82) is 0 Å².